The molecular formula is C15H21BrClNO. The van der Waals surface area contributed by atoms with Gasteiger partial charge in [0.25, 0.3) is 5.91 Å². The average Bonchev–Trinajstić information content (AvgIpc) is 2.43. The quantitative estimate of drug-likeness (QED) is 0.751. The average molecular weight is 347 g/mol. The Kier molecular flexibility index (Phi) is 6.34. The molecule has 0 aliphatic carbocycles. The first-order valence-corrected chi connectivity index (χ1v) is 8.08. The Morgan fingerprint density at radius 1 is 1.37 bits per heavy atom. The molecule has 1 amide bonds. The van der Waals surface area contributed by atoms with Gasteiger partial charge in [-0.25, -0.2) is 0 Å². The highest BCUT2D eigenvalue weighted by Gasteiger charge is 2.25. The third kappa shape index (κ3) is 4.22. The molecule has 0 atom stereocenters. The maximum atomic E-state index is 12.1. The summed E-state index contributed by atoms with van der Waals surface area (Å²) in [5.41, 5.74) is 1.72. The largest absolute Gasteiger partial charge is 0.351 e. The lowest BCUT2D eigenvalue weighted by molar-refractivity contribution is 0.0932. The summed E-state index contributed by atoms with van der Waals surface area (Å²) >= 11 is 9.52. The van der Waals surface area contributed by atoms with Crippen LogP contribution in [0.25, 0.3) is 0 Å². The summed E-state index contributed by atoms with van der Waals surface area (Å²) in [7, 11) is 0. The van der Waals surface area contributed by atoms with Crippen molar-refractivity contribution in [2.75, 3.05) is 11.9 Å². The van der Waals surface area contributed by atoms with Crippen molar-refractivity contribution in [3.8, 4) is 0 Å². The third-order valence-corrected chi connectivity index (χ3v) is 5.44. The minimum Gasteiger partial charge on any atom is -0.351 e. The molecule has 0 unspecified atom stereocenters. The lowest BCUT2D eigenvalue weighted by Crippen LogP contribution is -2.38. The number of aryl methyl sites for hydroxylation is 1. The van der Waals surface area contributed by atoms with Gasteiger partial charge in [-0.15, -0.1) is 0 Å². The predicted octanol–water partition coefficient (Wildman–Crippen LogP) is 4.58. The van der Waals surface area contributed by atoms with E-state index in [1.165, 1.54) is 0 Å². The zero-order valence-electron chi connectivity index (χ0n) is 11.7. The van der Waals surface area contributed by atoms with E-state index in [9.17, 15) is 4.79 Å². The van der Waals surface area contributed by atoms with Crippen LogP contribution in [0.1, 0.15) is 42.6 Å². The summed E-state index contributed by atoms with van der Waals surface area (Å²) in [6.07, 6.45) is 2.07. The smallest absolute Gasteiger partial charge is 0.251 e. The summed E-state index contributed by atoms with van der Waals surface area (Å²) in [6.45, 7) is 6.90. The number of carbonyl (C=O) groups is 1. The molecule has 1 N–H and O–H groups in total. The third-order valence-electron chi connectivity index (χ3n) is 3.83. The Morgan fingerprint density at radius 2 is 2.00 bits per heavy atom. The van der Waals surface area contributed by atoms with E-state index in [0.29, 0.717) is 17.1 Å². The van der Waals surface area contributed by atoms with Crippen LogP contribution >= 0.6 is 27.5 Å². The van der Waals surface area contributed by atoms with Gasteiger partial charge in [-0.05, 0) is 48.9 Å². The number of carbonyl (C=O) groups excluding carboxylic acids is 1. The zero-order chi connectivity index (χ0) is 14.5. The van der Waals surface area contributed by atoms with Gasteiger partial charge in [-0.1, -0.05) is 41.4 Å². The SMILES string of the molecule is CCC(CC)(CBr)CNC(=O)c1ccc(Cl)c(C)c1. The molecule has 0 bridgehead atoms. The van der Waals surface area contributed by atoms with Crippen LogP contribution in [0, 0.1) is 12.3 Å². The number of rotatable bonds is 6. The zero-order valence-corrected chi connectivity index (χ0v) is 14.1. The summed E-state index contributed by atoms with van der Waals surface area (Å²) < 4.78 is 0. The minimum absolute atomic E-state index is 0.0352. The minimum atomic E-state index is -0.0352. The summed E-state index contributed by atoms with van der Waals surface area (Å²) in [5.74, 6) is -0.0352. The molecule has 0 saturated carbocycles. The summed E-state index contributed by atoms with van der Waals surface area (Å²) in [4.78, 5) is 12.1. The Balaban J connectivity index is 2.72. The van der Waals surface area contributed by atoms with E-state index in [1.807, 2.05) is 13.0 Å². The fraction of sp³-hybridized carbons (Fsp3) is 0.533. The fourth-order valence-electron chi connectivity index (χ4n) is 1.89. The highest BCUT2D eigenvalue weighted by atomic mass is 79.9. The maximum Gasteiger partial charge on any atom is 0.251 e. The number of hydrogen-bond donors (Lipinski definition) is 1. The van der Waals surface area contributed by atoms with Crippen LogP contribution in [0.15, 0.2) is 18.2 Å². The van der Waals surface area contributed by atoms with E-state index in [2.05, 4.69) is 35.1 Å². The molecule has 4 heteroatoms. The molecule has 2 nitrogen and oxygen atoms in total. The molecule has 0 aromatic heterocycles. The van der Waals surface area contributed by atoms with Crippen LogP contribution in [0.4, 0.5) is 0 Å². The van der Waals surface area contributed by atoms with Crippen molar-refractivity contribution in [1.82, 2.24) is 5.32 Å². The molecule has 0 saturated heterocycles. The van der Waals surface area contributed by atoms with Gasteiger partial charge in [0.2, 0.25) is 0 Å². The van der Waals surface area contributed by atoms with Gasteiger partial charge in [0.15, 0.2) is 0 Å². The van der Waals surface area contributed by atoms with E-state index in [-0.39, 0.29) is 11.3 Å². The van der Waals surface area contributed by atoms with Crippen molar-refractivity contribution in [2.45, 2.75) is 33.6 Å². The normalized spacial score (nSPS) is 11.4. The number of benzene rings is 1. The summed E-state index contributed by atoms with van der Waals surface area (Å²) in [5, 5.41) is 4.61. The number of nitrogens with one attached hydrogen (secondary N) is 1. The predicted molar refractivity (Wildman–Crippen MR) is 85.3 cm³/mol. The molecule has 0 heterocycles. The van der Waals surface area contributed by atoms with Gasteiger partial charge in [0, 0.05) is 22.5 Å². The molecule has 19 heavy (non-hydrogen) atoms. The van der Waals surface area contributed by atoms with Crippen molar-refractivity contribution in [1.29, 1.82) is 0 Å². The standard InChI is InChI=1S/C15H21BrClNO/c1-4-15(5-2,9-16)10-18-14(19)12-6-7-13(17)11(3)8-12/h6-8H,4-5,9-10H2,1-3H3,(H,18,19). The molecule has 0 aliphatic heterocycles. The lowest BCUT2D eigenvalue weighted by Gasteiger charge is -2.29. The van der Waals surface area contributed by atoms with Crippen molar-refractivity contribution in [3.05, 3.63) is 34.3 Å². The van der Waals surface area contributed by atoms with E-state index < -0.39 is 0 Å². The highest BCUT2D eigenvalue weighted by Crippen LogP contribution is 2.27. The number of alkyl halides is 1. The Labute approximate surface area is 129 Å². The second-order valence-corrected chi connectivity index (χ2v) is 5.96. The van der Waals surface area contributed by atoms with Gasteiger partial charge >= 0.3 is 0 Å². The molecule has 106 valence electrons. The number of amides is 1. The Bertz CT molecular complexity index is 436. The van der Waals surface area contributed by atoms with Crippen LogP contribution < -0.4 is 5.32 Å². The van der Waals surface area contributed by atoms with Crippen LogP contribution in [0.3, 0.4) is 0 Å². The first-order chi connectivity index (χ1) is 8.98. The second-order valence-electron chi connectivity index (χ2n) is 4.99. The van der Waals surface area contributed by atoms with Crippen molar-refractivity contribution < 1.29 is 4.79 Å². The molecule has 1 aromatic rings. The van der Waals surface area contributed by atoms with E-state index in [1.54, 1.807) is 12.1 Å². The van der Waals surface area contributed by atoms with Crippen LogP contribution in [-0.4, -0.2) is 17.8 Å². The molecule has 0 fully saturated rings. The fourth-order valence-corrected chi connectivity index (χ4v) is 3.00. The molecule has 0 spiro atoms. The van der Waals surface area contributed by atoms with Crippen LogP contribution in [0.5, 0.6) is 0 Å². The van der Waals surface area contributed by atoms with Gasteiger partial charge in [-0.2, -0.15) is 0 Å². The van der Waals surface area contributed by atoms with Crippen molar-refractivity contribution in [3.63, 3.8) is 0 Å². The van der Waals surface area contributed by atoms with Gasteiger partial charge in [0.05, 0.1) is 0 Å². The van der Waals surface area contributed by atoms with Crippen LogP contribution in [-0.2, 0) is 0 Å². The van der Waals surface area contributed by atoms with E-state index in [4.69, 9.17) is 11.6 Å². The lowest BCUT2D eigenvalue weighted by atomic mass is 9.84. The molecule has 0 radical (unpaired) electrons. The van der Waals surface area contributed by atoms with E-state index >= 15 is 0 Å². The maximum absolute atomic E-state index is 12.1. The molecule has 0 aliphatic rings. The summed E-state index contributed by atoms with van der Waals surface area (Å²) in [6, 6.07) is 5.35. The number of halogens is 2. The monoisotopic (exact) mass is 345 g/mol. The van der Waals surface area contributed by atoms with Crippen LogP contribution in [0.2, 0.25) is 5.02 Å². The number of hydrogen-bond acceptors (Lipinski definition) is 1. The molecule has 1 aromatic carbocycles. The highest BCUT2D eigenvalue weighted by molar-refractivity contribution is 9.09. The topological polar surface area (TPSA) is 29.1 Å². The Morgan fingerprint density at radius 3 is 2.47 bits per heavy atom. The van der Waals surface area contributed by atoms with Gasteiger partial charge in [-0.3, -0.25) is 4.79 Å². The van der Waals surface area contributed by atoms with Crippen molar-refractivity contribution in [2.24, 2.45) is 5.41 Å². The molecular weight excluding hydrogens is 326 g/mol. The van der Waals surface area contributed by atoms with Gasteiger partial charge in [0.1, 0.15) is 0 Å². The Hall–Kier alpha value is -0.540. The van der Waals surface area contributed by atoms with E-state index in [0.717, 1.165) is 23.7 Å². The first kappa shape index (κ1) is 16.5. The van der Waals surface area contributed by atoms with Crippen molar-refractivity contribution >= 4 is 33.4 Å². The van der Waals surface area contributed by atoms with Gasteiger partial charge < -0.3 is 5.32 Å². The second kappa shape index (κ2) is 7.30. The molecule has 1 rings (SSSR count). The first-order valence-electron chi connectivity index (χ1n) is 6.58.